The Balaban J connectivity index is 2.01. The van der Waals surface area contributed by atoms with Gasteiger partial charge in [-0.1, -0.05) is 17.7 Å². The lowest BCUT2D eigenvalue weighted by atomic mass is 9.98. The van der Waals surface area contributed by atoms with E-state index in [9.17, 15) is 17.4 Å². The molecule has 0 aliphatic heterocycles. The number of halogens is 4. The van der Waals surface area contributed by atoms with Crippen molar-refractivity contribution in [1.82, 2.24) is 0 Å². The summed E-state index contributed by atoms with van der Waals surface area (Å²) in [5.41, 5.74) is -2.42. The monoisotopic (exact) mass is 442 g/mol. The Morgan fingerprint density at radius 3 is 2.31 bits per heavy atom. The zero-order chi connectivity index (χ0) is 20.9. The minimum atomic E-state index is -5.02. The number of rotatable bonds is 4. The van der Waals surface area contributed by atoms with Crippen molar-refractivity contribution in [1.29, 1.82) is 0 Å². The predicted molar refractivity (Wildman–Crippen MR) is 105 cm³/mol. The SMILES string of the molecule is COc1ccc2c(c1)Cc1c-2c(Cl)c2ccc(OC)cc2c1OS(=O)C(F)(F)F. The number of alkyl halides is 3. The van der Waals surface area contributed by atoms with Crippen LogP contribution in [0.4, 0.5) is 13.2 Å². The quantitative estimate of drug-likeness (QED) is 0.410. The van der Waals surface area contributed by atoms with Crippen LogP contribution < -0.4 is 13.7 Å². The zero-order valence-corrected chi connectivity index (χ0v) is 16.8. The van der Waals surface area contributed by atoms with Gasteiger partial charge in [0.1, 0.15) is 11.5 Å². The Kier molecular flexibility index (Phi) is 4.86. The fraction of sp³-hybridized carbons (Fsp3) is 0.200. The Bertz CT molecular complexity index is 1160. The molecule has 0 saturated carbocycles. The highest BCUT2D eigenvalue weighted by atomic mass is 35.5. The summed E-state index contributed by atoms with van der Waals surface area (Å²) >= 11 is 3.12. The summed E-state index contributed by atoms with van der Waals surface area (Å²) in [5.74, 6) is 0.901. The highest BCUT2D eigenvalue weighted by Gasteiger charge is 2.41. The van der Waals surface area contributed by atoms with E-state index in [1.165, 1.54) is 20.3 Å². The minimum Gasteiger partial charge on any atom is -0.497 e. The summed E-state index contributed by atoms with van der Waals surface area (Å²) in [6.45, 7) is 0. The molecule has 0 amide bonds. The van der Waals surface area contributed by atoms with Crippen LogP contribution in [0.3, 0.4) is 0 Å². The van der Waals surface area contributed by atoms with Crippen LogP contribution in [0.25, 0.3) is 21.9 Å². The van der Waals surface area contributed by atoms with Crippen molar-refractivity contribution < 1.29 is 31.0 Å². The average molecular weight is 443 g/mol. The Labute approximate surface area is 171 Å². The van der Waals surface area contributed by atoms with Crippen molar-refractivity contribution in [3.05, 3.63) is 52.5 Å². The van der Waals surface area contributed by atoms with E-state index >= 15 is 0 Å². The molecule has 1 aliphatic rings. The van der Waals surface area contributed by atoms with E-state index in [1.807, 2.05) is 0 Å². The van der Waals surface area contributed by atoms with Crippen LogP contribution in [0.15, 0.2) is 36.4 Å². The molecule has 1 aliphatic carbocycles. The van der Waals surface area contributed by atoms with Crippen LogP contribution in [0, 0.1) is 0 Å². The molecule has 1 unspecified atom stereocenters. The first-order valence-electron chi connectivity index (χ1n) is 8.41. The third-order valence-electron chi connectivity index (χ3n) is 4.80. The number of benzene rings is 3. The van der Waals surface area contributed by atoms with Crippen molar-refractivity contribution in [2.45, 2.75) is 11.9 Å². The van der Waals surface area contributed by atoms with E-state index in [2.05, 4.69) is 0 Å². The van der Waals surface area contributed by atoms with E-state index in [0.29, 0.717) is 38.4 Å². The maximum absolute atomic E-state index is 13.0. The van der Waals surface area contributed by atoms with Crippen molar-refractivity contribution in [2.24, 2.45) is 0 Å². The fourth-order valence-corrected chi connectivity index (χ4v) is 4.33. The number of hydrogen-bond donors (Lipinski definition) is 0. The van der Waals surface area contributed by atoms with Gasteiger partial charge in [-0.3, -0.25) is 0 Å². The molecule has 0 fully saturated rings. The number of hydrogen-bond acceptors (Lipinski definition) is 4. The summed E-state index contributed by atoms with van der Waals surface area (Å²) in [4.78, 5) is 0. The summed E-state index contributed by atoms with van der Waals surface area (Å²) in [7, 11) is 2.96. The molecule has 9 heteroatoms. The van der Waals surface area contributed by atoms with Gasteiger partial charge in [-0.2, -0.15) is 13.2 Å². The third-order valence-corrected chi connectivity index (χ3v) is 5.89. The first-order valence-corrected chi connectivity index (χ1v) is 9.86. The Morgan fingerprint density at radius 2 is 1.66 bits per heavy atom. The molecule has 0 bridgehead atoms. The van der Waals surface area contributed by atoms with E-state index in [-0.39, 0.29) is 12.2 Å². The van der Waals surface area contributed by atoms with Crippen LogP contribution in [-0.2, 0) is 17.5 Å². The van der Waals surface area contributed by atoms with Crippen molar-refractivity contribution in [3.63, 3.8) is 0 Å². The van der Waals surface area contributed by atoms with Crippen molar-refractivity contribution >= 4 is 33.5 Å². The van der Waals surface area contributed by atoms with Crippen LogP contribution >= 0.6 is 11.6 Å². The lowest BCUT2D eigenvalue weighted by Gasteiger charge is -2.17. The maximum Gasteiger partial charge on any atom is 0.508 e. The Morgan fingerprint density at radius 1 is 1.00 bits per heavy atom. The van der Waals surface area contributed by atoms with Gasteiger partial charge in [-0.25, -0.2) is 4.21 Å². The van der Waals surface area contributed by atoms with Gasteiger partial charge in [-0.15, -0.1) is 0 Å². The van der Waals surface area contributed by atoms with Crippen LogP contribution in [0.2, 0.25) is 5.02 Å². The van der Waals surface area contributed by atoms with Gasteiger partial charge in [0, 0.05) is 28.3 Å². The molecular formula is C20H14ClF3O4S. The lowest BCUT2D eigenvalue weighted by Crippen LogP contribution is -2.21. The molecule has 0 heterocycles. The third kappa shape index (κ3) is 3.30. The summed E-state index contributed by atoms with van der Waals surface area (Å²) in [5, 5.41) is 1.15. The molecule has 0 aromatic heterocycles. The molecule has 0 N–H and O–H groups in total. The van der Waals surface area contributed by atoms with Gasteiger partial charge in [-0.05, 0) is 41.5 Å². The zero-order valence-electron chi connectivity index (χ0n) is 15.2. The smallest absolute Gasteiger partial charge is 0.497 e. The average Bonchev–Trinajstić information content (AvgIpc) is 3.08. The normalized spacial score (nSPS) is 13.7. The highest BCUT2D eigenvalue weighted by molar-refractivity contribution is 7.81. The second kappa shape index (κ2) is 7.11. The maximum atomic E-state index is 13.0. The molecule has 1 atom stereocenters. The first kappa shape index (κ1) is 19.8. The van der Waals surface area contributed by atoms with Gasteiger partial charge < -0.3 is 13.7 Å². The molecule has 4 nitrogen and oxygen atoms in total. The lowest BCUT2D eigenvalue weighted by molar-refractivity contribution is -0.0437. The second-order valence-electron chi connectivity index (χ2n) is 6.37. The largest absolute Gasteiger partial charge is 0.508 e. The fourth-order valence-electron chi connectivity index (χ4n) is 3.52. The topological polar surface area (TPSA) is 44.8 Å². The van der Waals surface area contributed by atoms with Gasteiger partial charge in [0.15, 0.2) is 5.75 Å². The van der Waals surface area contributed by atoms with Crippen molar-refractivity contribution in [3.8, 4) is 28.4 Å². The van der Waals surface area contributed by atoms with Crippen molar-refractivity contribution in [2.75, 3.05) is 14.2 Å². The van der Waals surface area contributed by atoms with E-state index in [4.69, 9.17) is 25.3 Å². The van der Waals surface area contributed by atoms with Gasteiger partial charge in [0.25, 0.3) is 0 Å². The molecule has 3 aromatic carbocycles. The molecule has 152 valence electrons. The number of fused-ring (bicyclic) bond motifs is 4. The molecule has 0 spiro atoms. The second-order valence-corrected chi connectivity index (χ2v) is 7.85. The summed E-state index contributed by atoms with van der Waals surface area (Å²) in [6.07, 6.45) is 0.263. The van der Waals surface area contributed by atoms with Gasteiger partial charge >= 0.3 is 16.6 Å². The molecule has 4 rings (SSSR count). The summed E-state index contributed by atoms with van der Waals surface area (Å²) in [6, 6.07) is 10.1. The molecule has 0 radical (unpaired) electrons. The molecular weight excluding hydrogens is 429 g/mol. The summed E-state index contributed by atoms with van der Waals surface area (Å²) < 4.78 is 66.1. The highest BCUT2D eigenvalue weighted by Crippen LogP contribution is 2.51. The first-order chi connectivity index (χ1) is 13.7. The Hall–Kier alpha value is -2.45. The van der Waals surface area contributed by atoms with E-state index in [0.717, 1.165) is 11.1 Å². The number of ether oxygens (including phenoxy) is 2. The van der Waals surface area contributed by atoms with E-state index in [1.54, 1.807) is 30.3 Å². The van der Waals surface area contributed by atoms with Crippen LogP contribution in [-0.4, -0.2) is 23.9 Å². The van der Waals surface area contributed by atoms with Crippen LogP contribution in [0.1, 0.15) is 11.1 Å². The molecule has 0 saturated heterocycles. The predicted octanol–water partition coefficient (Wildman–Crippen LogP) is 5.64. The van der Waals surface area contributed by atoms with Gasteiger partial charge in [0.2, 0.25) is 0 Å². The van der Waals surface area contributed by atoms with Gasteiger partial charge in [0.05, 0.1) is 19.2 Å². The van der Waals surface area contributed by atoms with Crippen LogP contribution in [0.5, 0.6) is 17.2 Å². The minimum absolute atomic E-state index is 0.121. The number of methoxy groups -OCH3 is 2. The molecule has 29 heavy (non-hydrogen) atoms. The standard InChI is InChI=1S/C20H14ClF3O4S/c1-26-11-3-5-13-10(7-11)8-16-17(13)18(21)14-6-4-12(27-2)9-15(14)19(16)28-29(25)20(22,23)24/h3-7,9H,8H2,1-2H3. The molecule has 3 aromatic rings. The van der Waals surface area contributed by atoms with E-state index < -0.39 is 16.6 Å².